The highest BCUT2D eigenvalue weighted by Gasteiger charge is 2.22. The highest BCUT2D eigenvalue weighted by molar-refractivity contribution is 7.89. The molecule has 1 atom stereocenters. The number of nitrogens with zero attached hydrogens (tertiary/aromatic N) is 2. The molecule has 1 unspecified atom stereocenters. The molecular formula is C18H23N3O5S. The largest absolute Gasteiger partial charge is 0.481 e. The second kappa shape index (κ2) is 7.93. The number of hydrogen-bond donors (Lipinski definition) is 2. The van der Waals surface area contributed by atoms with Crippen LogP contribution < -0.4 is 5.32 Å². The fourth-order valence-electron chi connectivity index (χ4n) is 2.47. The zero-order chi connectivity index (χ0) is 20.4. The van der Waals surface area contributed by atoms with Crippen LogP contribution in [0.4, 0.5) is 5.69 Å². The van der Waals surface area contributed by atoms with Crippen LogP contribution in [0.5, 0.6) is 0 Å². The van der Waals surface area contributed by atoms with Gasteiger partial charge in [0, 0.05) is 33.0 Å². The molecule has 9 heteroatoms. The molecule has 0 spiro atoms. The number of carboxylic acid groups (broad SMARTS) is 1. The van der Waals surface area contributed by atoms with Crippen molar-refractivity contribution >= 4 is 27.6 Å². The van der Waals surface area contributed by atoms with Gasteiger partial charge < -0.3 is 15.0 Å². The number of carbonyl (C=O) groups is 2. The average molecular weight is 393 g/mol. The molecule has 146 valence electrons. The van der Waals surface area contributed by atoms with E-state index in [9.17, 15) is 18.0 Å². The standard InChI is InChI=1S/C18H23N3O5S/c1-12(18(23)24)9-13-5-7-14(8-6-13)19-17(22)16-10-15(11-21(16)4)27(25,26)20(2)3/h5-8,10-12H,9H2,1-4H3,(H,19,22)(H,23,24). The van der Waals surface area contributed by atoms with Gasteiger partial charge in [-0.15, -0.1) is 0 Å². The van der Waals surface area contributed by atoms with Gasteiger partial charge in [0.05, 0.1) is 5.92 Å². The molecule has 0 aliphatic carbocycles. The van der Waals surface area contributed by atoms with E-state index in [2.05, 4.69) is 5.32 Å². The van der Waals surface area contributed by atoms with Crippen molar-refractivity contribution in [2.45, 2.75) is 18.2 Å². The van der Waals surface area contributed by atoms with E-state index in [1.54, 1.807) is 38.2 Å². The molecule has 2 aromatic rings. The smallest absolute Gasteiger partial charge is 0.306 e. The van der Waals surface area contributed by atoms with Crippen LogP contribution in [0.3, 0.4) is 0 Å². The van der Waals surface area contributed by atoms with Crippen LogP contribution in [-0.2, 0) is 28.3 Å². The zero-order valence-electron chi connectivity index (χ0n) is 15.6. The number of anilines is 1. The van der Waals surface area contributed by atoms with Gasteiger partial charge in [0.15, 0.2) is 0 Å². The summed E-state index contributed by atoms with van der Waals surface area (Å²) in [5.74, 6) is -1.80. The third-order valence-electron chi connectivity index (χ3n) is 4.17. The van der Waals surface area contributed by atoms with Gasteiger partial charge in [-0.2, -0.15) is 0 Å². The molecule has 0 saturated heterocycles. The fraction of sp³-hybridized carbons (Fsp3) is 0.333. The van der Waals surface area contributed by atoms with Crippen LogP contribution >= 0.6 is 0 Å². The van der Waals surface area contributed by atoms with Crippen molar-refractivity contribution in [3.63, 3.8) is 0 Å². The molecule has 0 bridgehead atoms. The molecule has 1 heterocycles. The summed E-state index contributed by atoms with van der Waals surface area (Å²) in [7, 11) is 0.823. The topological polar surface area (TPSA) is 109 Å². The maximum absolute atomic E-state index is 12.5. The number of hydrogen-bond acceptors (Lipinski definition) is 4. The van der Waals surface area contributed by atoms with Crippen LogP contribution in [-0.4, -0.2) is 48.4 Å². The fourth-order valence-corrected chi connectivity index (χ4v) is 3.45. The number of carboxylic acids is 1. The van der Waals surface area contributed by atoms with Gasteiger partial charge in [-0.25, -0.2) is 12.7 Å². The monoisotopic (exact) mass is 393 g/mol. The van der Waals surface area contributed by atoms with Crippen LogP contribution in [0.2, 0.25) is 0 Å². The molecule has 0 aliphatic rings. The van der Waals surface area contributed by atoms with Crippen molar-refractivity contribution in [3.8, 4) is 0 Å². The zero-order valence-corrected chi connectivity index (χ0v) is 16.4. The predicted octanol–water partition coefficient (Wildman–Crippen LogP) is 1.79. The van der Waals surface area contributed by atoms with E-state index in [4.69, 9.17) is 5.11 Å². The Hall–Kier alpha value is -2.65. The van der Waals surface area contributed by atoms with E-state index in [1.807, 2.05) is 0 Å². The van der Waals surface area contributed by atoms with Crippen molar-refractivity contribution in [1.82, 2.24) is 8.87 Å². The molecule has 27 heavy (non-hydrogen) atoms. The normalized spacial score (nSPS) is 12.8. The number of carbonyl (C=O) groups excluding carboxylic acids is 1. The number of nitrogens with one attached hydrogen (secondary N) is 1. The number of amides is 1. The Bertz CT molecular complexity index is 946. The van der Waals surface area contributed by atoms with Gasteiger partial charge in [-0.3, -0.25) is 9.59 Å². The lowest BCUT2D eigenvalue weighted by atomic mass is 10.0. The van der Waals surface area contributed by atoms with Crippen LogP contribution in [0.25, 0.3) is 0 Å². The summed E-state index contributed by atoms with van der Waals surface area (Å²) < 4.78 is 26.9. The maximum Gasteiger partial charge on any atom is 0.306 e. The van der Waals surface area contributed by atoms with E-state index < -0.39 is 27.8 Å². The Morgan fingerprint density at radius 1 is 1.22 bits per heavy atom. The molecule has 0 fully saturated rings. The van der Waals surface area contributed by atoms with Crippen molar-refractivity contribution < 1.29 is 23.1 Å². The highest BCUT2D eigenvalue weighted by atomic mass is 32.2. The molecule has 2 N–H and O–H groups in total. The number of aliphatic carboxylic acids is 1. The molecule has 2 rings (SSSR count). The lowest BCUT2D eigenvalue weighted by Crippen LogP contribution is -2.21. The summed E-state index contributed by atoms with van der Waals surface area (Å²) >= 11 is 0. The predicted molar refractivity (Wildman–Crippen MR) is 101 cm³/mol. The minimum absolute atomic E-state index is 0.0400. The first kappa shape index (κ1) is 20.7. The van der Waals surface area contributed by atoms with Gasteiger partial charge in [0.1, 0.15) is 10.6 Å². The SMILES string of the molecule is CC(Cc1ccc(NC(=O)c2cc(S(=O)(=O)N(C)C)cn2C)cc1)C(=O)O. The molecule has 0 aliphatic heterocycles. The van der Waals surface area contributed by atoms with Gasteiger partial charge in [0.2, 0.25) is 10.0 Å². The van der Waals surface area contributed by atoms with Gasteiger partial charge in [-0.05, 0) is 30.2 Å². The van der Waals surface area contributed by atoms with Gasteiger partial charge in [-0.1, -0.05) is 19.1 Å². The molecule has 1 aromatic carbocycles. The van der Waals surface area contributed by atoms with E-state index in [1.165, 1.54) is 30.9 Å². The van der Waals surface area contributed by atoms with E-state index >= 15 is 0 Å². The number of rotatable bonds is 7. The number of benzene rings is 1. The van der Waals surface area contributed by atoms with Gasteiger partial charge >= 0.3 is 5.97 Å². The summed E-state index contributed by atoms with van der Waals surface area (Å²) in [6, 6.07) is 8.20. The maximum atomic E-state index is 12.5. The molecule has 8 nitrogen and oxygen atoms in total. The van der Waals surface area contributed by atoms with Gasteiger partial charge in [0.25, 0.3) is 5.91 Å². The second-order valence-corrected chi connectivity index (χ2v) is 8.71. The highest BCUT2D eigenvalue weighted by Crippen LogP contribution is 2.19. The first-order valence-corrected chi connectivity index (χ1v) is 9.68. The number of sulfonamides is 1. The first-order chi connectivity index (χ1) is 12.5. The Labute approximate surface area is 158 Å². The lowest BCUT2D eigenvalue weighted by Gasteiger charge is -2.09. The number of aryl methyl sites for hydroxylation is 1. The quantitative estimate of drug-likeness (QED) is 0.745. The van der Waals surface area contributed by atoms with Crippen molar-refractivity contribution in [3.05, 3.63) is 47.8 Å². The molecule has 0 saturated carbocycles. The minimum Gasteiger partial charge on any atom is -0.481 e. The van der Waals surface area contributed by atoms with E-state index in [0.29, 0.717) is 12.1 Å². The average Bonchev–Trinajstić information content (AvgIpc) is 2.99. The molecule has 0 radical (unpaired) electrons. The summed E-state index contributed by atoms with van der Waals surface area (Å²) in [4.78, 5) is 23.4. The summed E-state index contributed by atoms with van der Waals surface area (Å²) in [5.41, 5.74) is 1.59. The Morgan fingerprint density at radius 3 is 2.33 bits per heavy atom. The molecule has 1 aromatic heterocycles. The van der Waals surface area contributed by atoms with Crippen molar-refractivity contribution in [1.29, 1.82) is 0 Å². The second-order valence-electron chi connectivity index (χ2n) is 6.55. The summed E-state index contributed by atoms with van der Waals surface area (Å²) in [6.07, 6.45) is 1.79. The minimum atomic E-state index is -3.62. The molecular weight excluding hydrogens is 370 g/mol. The summed E-state index contributed by atoms with van der Waals surface area (Å²) in [6.45, 7) is 1.63. The van der Waals surface area contributed by atoms with E-state index in [0.717, 1.165) is 9.87 Å². The van der Waals surface area contributed by atoms with Crippen LogP contribution in [0, 0.1) is 5.92 Å². The third-order valence-corrected chi connectivity index (χ3v) is 5.95. The Balaban J connectivity index is 2.14. The first-order valence-electron chi connectivity index (χ1n) is 8.24. The number of aromatic nitrogens is 1. The summed E-state index contributed by atoms with van der Waals surface area (Å²) in [5, 5.41) is 11.7. The lowest BCUT2D eigenvalue weighted by molar-refractivity contribution is -0.141. The Kier molecular flexibility index (Phi) is 6.07. The van der Waals surface area contributed by atoms with E-state index in [-0.39, 0.29) is 10.6 Å². The molecule has 1 amide bonds. The Morgan fingerprint density at radius 2 is 1.81 bits per heavy atom. The van der Waals surface area contributed by atoms with Crippen molar-refractivity contribution in [2.75, 3.05) is 19.4 Å². The van der Waals surface area contributed by atoms with Crippen LogP contribution in [0.1, 0.15) is 23.0 Å². The van der Waals surface area contributed by atoms with Crippen LogP contribution in [0.15, 0.2) is 41.4 Å². The third kappa shape index (κ3) is 4.75. The van der Waals surface area contributed by atoms with Crippen molar-refractivity contribution in [2.24, 2.45) is 13.0 Å².